The van der Waals surface area contributed by atoms with Crippen LogP contribution in [0.15, 0.2) is 30.3 Å². The lowest BCUT2D eigenvalue weighted by Crippen LogP contribution is -2.32. The summed E-state index contributed by atoms with van der Waals surface area (Å²) < 4.78 is 5.12. The van der Waals surface area contributed by atoms with E-state index in [1.807, 2.05) is 6.07 Å². The van der Waals surface area contributed by atoms with Crippen LogP contribution in [0, 0.1) is 0 Å². The van der Waals surface area contributed by atoms with Gasteiger partial charge in [-0.2, -0.15) is 0 Å². The molecule has 0 saturated heterocycles. The number of esters is 1. The third-order valence-electron chi connectivity index (χ3n) is 3.03. The van der Waals surface area contributed by atoms with Crippen LogP contribution in [0.4, 0.5) is 0 Å². The summed E-state index contributed by atoms with van der Waals surface area (Å²) in [5.41, 5.74) is -1.34. The summed E-state index contributed by atoms with van der Waals surface area (Å²) in [4.78, 5) is 11.8. The molecule has 2 N–H and O–H groups in total. The number of hydrogen-bond acceptors (Lipinski definition) is 4. The van der Waals surface area contributed by atoms with Gasteiger partial charge in [0.2, 0.25) is 0 Å². The van der Waals surface area contributed by atoms with Crippen LogP contribution in [0.1, 0.15) is 50.4 Å². The van der Waals surface area contributed by atoms with Crippen molar-refractivity contribution in [2.75, 3.05) is 6.61 Å². The van der Waals surface area contributed by atoms with Crippen molar-refractivity contribution in [2.24, 2.45) is 0 Å². The Hall–Kier alpha value is -1.39. The van der Waals surface area contributed by atoms with Crippen molar-refractivity contribution < 1.29 is 19.7 Å². The fraction of sp³-hybridized carbons (Fsp3) is 0.562. The van der Waals surface area contributed by atoms with Crippen LogP contribution in [-0.2, 0) is 4.74 Å². The molecule has 112 valence electrons. The van der Waals surface area contributed by atoms with E-state index in [0.29, 0.717) is 24.8 Å². The number of benzene rings is 1. The summed E-state index contributed by atoms with van der Waals surface area (Å²) in [6.07, 6.45) is 1.73. The molecule has 1 rings (SSSR count). The average molecular weight is 280 g/mol. The SMILES string of the molecule is CC(C)(O)CCCC(C)(O)COC(=O)c1ccccc1. The van der Waals surface area contributed by atoms with E-state index in [2.05, 4.69) is 0 Å². The minimum absolute atomic E-state index is 0.0490. The van der Waals surface area contributed by atoms with Gasteiger partial charge in [-0.25, -0.2) is 4.79 Å². The molecule has 1 aromatic rings. The van der Waals surface area contributed by atoms with Crippen LogP contribution in [0.5, 0.6) is 0 Å². The van der Waals surface area contributed by atoms with Crippen LogP contribution in [0.3, 0.4) is 0 Å². The van der Waals surface area contributed by atoms with Gasteiger partial charge in [0.05, 0.1) is 16.8 Å². The Morgan fingerprint density at radius 2 is 1.70 bits per heavy atom. The first-order chi connectivity index (χ1) is 9.20. The molecule has 0 radical (unpaired) electrons. The van der Waals surface area contributed by atoms with Gasteiger partial charge in [0.1, 0.15) is 6.61 Å². The van der Waals surface area contributed by atoms with Gasteiger partial charge in [-0.3, -0.25) is 0 Å². The van der Waals surface area contributed by atoms with Crippen molar-refractivity contribution in [2.45, 2.75) is 51.2 Å². The van der Waals surface area contributed by atoms with Crippen molar-refractivity contribution in [3.05, 3.63) is 35.9 Å². The first-order valence-electron chi connectivity index (χ1n) is 6.87. The monoisotopic (exact) mass is 280 g/mol. The molecule has 0 bridgehead atoms. The molecule has 20 heavy (non-hydrogen) atoms. The fourth-order valence-electron chi connectivity index (χ4n) is 1.85. The van der Waals surface area contributed by atoms with Crippen LogP contribution in [0.25, 0.3) is 0 Å². The molecule has 0 spiro atoms. The number of rotatable bonds is 7. The summed E-state index contributed by atoms with van der Waals surface area (Å²) in [6.45, 7) is 5.05. The summed E-state index contributed by atoms with van der Waals surface area (Å²) in [7, 11) is 0. The predicted molar refractivity (Wildman–Crippen MR) is 77.5 cm³/mol. The Labute approximate surface area is 120 Å². The van der Waals surface area contributed by atoms with Crippen LogP contribution in [0.2, 0.25) is 0 Å². The molecule has 1 atom stereocenters. The van der Waals surface area contributed by atoms with E-state index in [4.69, 9.17) is 4.74 Å². The van der Waals surface area contributed by atoms with E-state index in [-0.39, 0.29) is 6.61 Å². The largest absolute Gasteiger partial charge is 0.459 e. The first kappa shape index (κ1) is 16.7. The third-order valence-corrected chi connectivity index (χ3v) is 3.03. The second-order valence-electron chi connectivity index (χ2n) is 6.11. The maximum absolute atomic E-state index is 11.8. The minimum atomic E-state index is -1.07. The van der Waals surface area contributed by atoms with Gasteiger partial charge in [0.25, 0.3) is 0 Å². The molecule has 4 heteroatoms. The smallest absolute Gasteiger partial charge is 0.338 e. The zero-order chi connectivity index (χ0) is 15.2. The fourth-order valence-corrected chi connectivity index (χ4v) is 1.85. The second kappa shape index (κ2) is 6.86. The maximum Gasteiger partial charge on any atom is 0.338 e. The lowest BCUT2D eigenvalue weighted by molar-refractivity contribution is -0.0304. The lowest BCUT2D eigenvalue weighted by Gasteiger charge is -2.24. The Morgan fingerprint density at radius 1 is 1.10 bits per heavy atom. The third kappa shape index (κ3) is 6.68. The highest BCUT2D eigenvalue weighted by molar-refractivity contribution is 5.89. The molecule has 0 fully saturated rings. The zero-order valence-electron chi connectivity index (χ0n) is 12.4. The number of hydrogen-bond donors (Lipinski definition) is 2. The van der Waals surface area contributed by atoms with Crippen LogP contribution < -0.4 is 0 Å². The predicted octanol–water partition coefficient (Wildman–Crippen LogP) is 2.54. The van der Waals surface area contributed by atoms with Crippen LogP contribution in [-0.4, -0.2) is 34.0 Å². The van der Waals surface area contributed by atoms with Crippen molar-refractivity contribution in [1.29, 1.82) is 0 Å². The summed E-state index contributed by atoms with van der Waals surface area (Å²) in [5, 5.41) is 19.8. The minimum Gasteiger partial charge on any atom is -0.459 e. The molecule has 4 nitrogen and oxygen atoms in total. The van der Waals surface area contributed by atoms with Gasteiger partial charge in [-0.15, -0.1) is 0 Å². The molecular formula is C16H24O4. The van der Waals surface area contributed by atoms with Crippen molar-refractivity contribution >= 4 is 5.97 Å². The maximum atomic E-state index is 11.8. The Kier molecular flexibility index (Phi) is 5.72. The van der Waals surface area contributed by atoms with E-state index in [0.717, 1.165) is 0 Å². The molecule has 1 aromatic carbocycles. The molecule has 0 saturated carbocycles. The van der Waals surface area contributed by atoms with Gasteiger partial charge in [-0.1, -0.05) is 18.2 Å². The van der Waals surface area contributed by atoms with E-state index < -0.39 is 17.2 Å². The molecule has 0 aromatic heterocycles. The van der Waals surface area contributed by atoms with E-state index in [1.54, 1.807) is 45.0 Å². The van der Waals surface area contributed by atoms with E-state index >= 15 is 0 Å². The summed E-state index contributed by atoms with van der Waals surface area (Å²) in [6, 6.07) is 8.69. The molecule has 0 aliphatic rings. The van der Waals surface area contributed by atoms with Gasteiger partial charge >= 0.3 is 5.97 Å². The topological polar surface area (TPSA) is 66.8 Å². The molecule has 0 heterocycles. The highest BCUT2D eigenvalue weighted by Gasteiger charge is 2.24. The Bertz CT molecular complexity index is 418. The lowest BCUT2D eigenvalue weighted by atomic mass is 9.94. The molecular weight excluding hydrogens is 256 g/mol. The molecule has 0 aliphatic carbocycles. The molecule has 1 unspecified atom stereocenters. The van der Waals surface area contributed by atoms with Gasteiger partial charge in [0, 0.05) is 0 Å². The average Bonchev–Trinajstić information content (AvgIpc) is 2.35. The highest BCUT2D eigenvalue weighted by atomic mass is 16.5. The normalized spacial score (nSPS) is 14.7. The van der Waals surface area contributed by atoms with E-state index in [1.165, 1.54) is 0 Å². The number of carbonyl (C=O) groups excluding carboxylic acids is 1. The quantitative estimate of drug-likeness (QED) is 0.753. The van der Waals surface area contributed by atoms with E-state index in [9.17, 15) is 15.0 Å². The van der Waals surface area contributed by atoms with Crippen molar-refractivity contribution in [3.63, 3.8) is 0 Å². The number of aliphatic hydroxyl groups is 2. The van der Waals surface area contributed by atoms with Crippen LogP contribution >= 0.6 is 0 Å². The van der Waals surface area contributed by atoms with Gasteiger partial charge in [-0.05, 0) is 52.2 Å². The van der Waals surface area contributed by atoms with Crippen molar-refractivity contribution in [3.8, 4) is 0 Å². The standard InChI is InChI=1S/C16H24O4/c1-15(2,18)10-7-11-16(3,19)12-20-14(17)13-8-5-4-6-9-13/h4-6,8-9,18-19H,7,10-12H2,1-3H3. The summed E-state index contributed by atoms with van der Waals surface area (Å²) >= 11 is 0. The Balaban J connectivity index is 2.37. The zero-order valence-corrected chi connectivity index (χ0v) is 12.4. The number of ether oxygens (including phenoxy) is 1. The number of carbonyl (C=O) groups is 1. The molecule has 0 aliphatic heterocycles. The van der Waals surface area contributed by atoms with Gasteiger partial charge in [0.15, 0.2) is 0 Å². The molecule has 0 amide bonds. The summed E-state index contributed by atoms with van der Waals surface area (Å²) in [5.74, 6) is -0.437. The first-order valence-corrected chi connectivity index (χ1v) is 6.87. The van der Waals surface area contributed by atoms with Crippen molar-refractivity contribution in [1.82, 2.24) is 0 Å². The highest BCUT2D eigenvalue weighted by Crippen LogP contribution is 2.19. The second-order valence-corrected chi connectivity index (χ2v) is 6.11. The Morgan fingerprint density at radius 3 is 2.25 bits per heavy atom. The van der Waals surface area contributed by atoms with Gasteiger partial charge < -0.3 is 14.9 Å².